The van der Waals surface area contributed by atoms with Gasteiger partial charge in [-0.25, -0.2) is 4.79 Å². The number of aromatic nitrogens is 1. The first kappa shape index (κ1) is 17.7. The van der Waals surface area contributed by atoms with E-state index in [2.05, 4.69) is 42.2 Å². The summed E-state index contributed by atoms with van der Waals surface area (Å²) in [7, 11) is 0. The minimum atomic E-state index is -0.893. The van der Waals surface area contributed by atoms with Crippen molar-refractivity contribution in [3.8, 4) is 16.2 Å². The Hall–Kier alpha value is -2.66. The van der Waals surface area contributed by atoms with E-state index in [1.807, 2.05) is 0 Å². The molecule has 2 aromatic heterocycles. The monoisotopic (exact) mass is 379 g/mol. The number of nitrogens with zero attached hydrogens (tertiary/aromatic N) is 1. The number of carboxylic acids is 1. The van der Waals surface area contributed by atoms with Crippen molar-refractivity contribution in [2.24, 2.45) is 0 Å². The molecule has 3 heterocycles. The number of rotatable bonds is 5. The number of thiophene rings is 1. The smallest absolute Gasteiger partial charge is 0.336 e. The summed E-state index contributed by atoms with van der Waals surface area (Å²) in [5, 5.41) is 9.35. The summed E-state index contributed by atoms with van der Waals surface area (Å²) < 4.78 is 5.93. The molecule has 1 aliphatic heterocycles. The van der Waals surface area contributed by atoms with Crippen LogP contribution in [0.1, 0.15) is 45.1 Å². The molecule has 1 unspecified atom stereocenters. The first-order valence-electron chi connectivity index (χ1n) is 9.11. The van der Waals surface area contributed by atoms with Crippen molar-refractivity contribution in [1.29, 1.82) is 0 Å². The van der Waals surface area contributed by atoms with Gasteiger partial charge in [-0.3, -0.25) is 4.98 Å². The molecule has 0 aliphatic carbocycles. The Labute approximate surface area is 162 Å². The van der Waals surface area contributed by atoms with Crippen LogP contribution in [-0.4, -0.2) is 22.7 Å². The summed E-state index contributed by atoms with van der Waals surface area (Å²) in [5.41, 5.74) is 3.55. The highest BCUT2D eigenvalue weighted by molar-refractivity contribution is 7.15. The Morgan fingerprint density at radius 2 is 2.19 bits per heavy atom. The average molecular weight is 379 g/mol. The van der Waals surface area contributed by atoms with E-state index in [0.29, 0.717) is 24.5 Å². The lowest BCUT2D eigenvalue weighted by molar-refractivity contribution is 0.0695. The van der Waals surface area contributed by atoms with Gasteiger partial charge in [-0.05, 0) is 73.1 Å². The zero-order chi connectivity index (χ0) is 18.8. The van der Waals surface area contributed by atoms with Crippen LogP contribution in [0.25, 0.3) is 10.4 Å². The van der Waals surface area contributed by atoms with Crippen LogP contribution in [0.5, 0.6) is 5.75 Å². The quantitative estimate of drug-likeness (QED) is 0.652. The van der Waals surface area contributed by atoms with E-state index < -0.39 is 5.97 Å². The van der Waals surface area contributed by atoms with Gasteiger partial charge < -0.3 is 9.84 Å². The van der Waals surface area contributed by atoms with Crippen molar-refractivity contribution in [3.05, 3.63) is 70.4 Å². The highest BCUT2D eigenvalue weighted by Gasteiger charge is 2.23. The van der Waals surface area contributed by atoms with Crippen LogP contribution in [0.2, 0.25) is 0 Å². The van der Waals surface area contributed by atoms with E-state index in [4.69, 9.17) is 4.74 Å². The summed E-state index contributed by atoms with van der Waals surface area (Å²) in [4.78, 5) is 18.0. The number of ether oxygens (including phenoxy) is 1. The molecule has 1 aromatic carbocycles. The highest BCUT2D eigenvalue weighted by atomic mass is 32.1. The van der Waals surface area contributed by atoms with Crippen molar-refractivity contribution in [2.45, 2.75) is 32.1 Å². The van der Waals surface area contributed by atoms with Gasteiger partial charge >= 0.3 is 5.97 Å². The number of aryl methyl sites for hydroxylation is 2. The average Bonchev–Trinajstić information content (AvgIpc) is 3.12. The fourth-order valence-corrected chi connectivity index (χ4v) is 4.53. The number of pyridine rings is 1. The largest absolute Gasteiger partial charge is 0.493 e. The topological polar surface area (TPSA) is 59.4 Å². The minimum Gasteiger partial charge on any atom is -0.493 e. The number of aromatic carboxylic acids is 1. The van der Waals surface area contributed by atoms with Crippen molar-refractivity contribution < 1.29 is 14.6 Å². The second kappa shape index (κ2) is 7.53. The molecule has 3 aromatic rings. The summed E-state index contributed by atoms with van der Waals surface area (Å²) >= 11 is 1.79. The lowest BCUT2D eigenvalue weighted by Gasteiger charge is -2.26. The molecule has 0 amide bonds. The van der Waals surface area contributed by atoms with Gasteiger partial charge in [-0.15, -0.1) is 11.3 Å². The lowest BCUT2D eigenvalue weighted by atomic mass is 9.87. The predicted molar refractivity (Wildman–Crippen MR) is 107 cm³/mol. The second-order valence-corrected chi connectivity index (χ2v) is 8.16. The maximum Gasteiger partial charge on any atom is 0.336 e. The van der Waals surface area contributed by atoms with Crippen LogP contribution < -0.4 is 4.74 Å². The SMILES string of the molecule is Cc1ccc(-c2ccc3c(c2)OCCC3CCc2cnccc2C(=O)O)s1. The first-order chi connectivity index (χ1) is 13.1. The molecule has 1 atom stereocenters. The van der Waals surface area contributed by atoms with Gasteiger partial charge in [0, 0.05) is 22.1 Å². The van der Waals surface area contributed by atoms with E-state index in [1.54, 1.807) is 23.6 Å². The van der Waals surface area contributed by atoms with Crippen LogP contribution in [0, 0.1) is 6.92 Å². The minimum absolute atomic E-state index is 0.348. The molecule has 0 spiro atoms. The fraction of sp³-hybridized carbons (Fsp3) is 0.273. The zero-order valence-corrected chi connectivity index (χ0v) is 16.0. The van der Waals surface area contributed by atoms with Crippen molar-refractivity contribution in [3.63, 3.8) is 0 Å². The molecule has 27 heavy (non-hydrogen) atoms. The Morgan fingerprint density at radius 3 is 2.96 bits per heavy atom. The van der Waals surface area contributed by atoms with Crippen LogP contribution in [0.3, 0.4) is 0 Å². The number of benzene rings is 1. The molecule has 138 valence electrons. The van der Waals surface area contributed by atoms with Gasteiger partial charge in [0.2, 0.25) is 0 Å². The summed E-state index contributed by atoms with van der Waals surface area (Å²) in [6.07, 6.45) is 5.74. The highest BCUT2D eigenvalue weighted by Crippen LogP contribution is 2.40. The number of fused-ring (bicyclic) bond motifs is 1. The van der Waals surface area contributed by atoms with E-state index >= 15 is 0 Å². The number of hydrogen-bond acceptors (Lipinski definition) is 4. The van der Waals surface area contributed by atoms with E-state index in [1.165, 1.54) is 27.1 Å². The van der Waals surface area contributed by atoms with Gasteiger partial charge in [0.05, 0.1) is 12.2 Å². The van der Waals surface area contributed by atoms with Gasteiger partial charge in [-0.2, -0.15) is 0 Å². The number of hydrogen-bond donors (Lipinski definition) is 1. The molecule has 0 fully saturated rings. The van der Waals surface area contributed by atoms with Crippen LogP contribution in [0.15, 0.2) is 48.8 Å². The third-order valence-corrected chi connectivity index (χ3v) is 6.15. The number of carbonyl (C=O) groups is 1. The molecule has 0 saturated carbocycles. The summed E-state index contributed by atoms with van der Waals surface area (Å²) in [5.74, 6) is 0.435. The Bertz CT molecular complexity index is 979. The summed E-state index contributed by atoms with van der Waals surface area (Å²) in [6.45, 7) is 2.81. The molecule has 1 N–H and O–H groups in total. The molecular weight excluding hydrogens is 358 g/mol. The van der Waals surface area contributed by atoms with Crippen molar-refractivity contribution in [1.82, 2.24) is 4.98 Å². The molecule has 5 heteroatoms. The van der Waals surface area contributed by atoms with Crippen LogP contribution in [0.4, 0.5) is 0 Å². The Morgan fingerprint density at radius 1 is 1.30 bits per heavy atom. The molecule has 4 nitrogen and oxygen atoms in total. The normalized spacial score (nSPS) is 15.8. The first-order valence-corrected chi connectivity index (χ1v) is 9.93. The van der Waals surface area contributed by atoms with E-state index in [0.717, 1.165) is 24.2 Å². The fourth-order valence-electron chi connectivity index (χ4n) is 3.67. The molecule has 0 saturated heterocycles. The molecule has 4 rings (SSSR count). The van der Waals surface area contributed by atoms with Crippen molar-refractivity contribution in [2.75, 3.05) is 6.61 Å². The standard InChI is InChI=1S/C22H21NO3S/c1-14-2-7-21(27-14)16-5-6-18-15(9-11-26-20(18)12-16)3-4-17-13-23-10-8-19(17)22(24)25/h2,5-8,10,12-13,15H,3-4,9,11H2,1H3,(H,24,25). The molecular formula is C22H21NO3S. The zero-order valence-electron chi connectivity index (χ0n) is 15.1. The lowest BCUT2D eigenvalue weighted by Crippen LogP contribution is -2.15. The Balaban J connectivity index is 1.54. The number of carboxylic acid groups (broad SMARTS) is 1. The third-order valence-electron chi connectivity index (χ3n) is 5.10. The van der Waals surface area contributed by atoms with Gasteiger partial charge in [0.15, 0.2) is 0 Å². The maximum atomic E-state index is 11.4. The van der Waals surface area contributed by atoms with E-state index in [9.17, 15) is 9.90 Å². The van der Waals surface area contributed by atoms with Crippen LogP contribution >= 0.6 is 11.3 Å². The maximum absolute atomic E-state index is 11.4. The van der Waals surface area contributed by atoms with E-state index in [-0.39, 0.29) is 0 Å². The molecule has 1 aliphatic rings. The second-order valence-electron chi connectivity index (χ2n) is 6.87. The van der Waals surface area contributed by atoms with Gasteiger partial charge in [0.25, 0.3) is 0 Å². The molecule has 0 radical (unpaired) electrons. The predicted octanol–water partition coefficient (Wildman–Crippen LogP) is 5.32. The van der Waals surface area contributed by atoms with Gasteiger partial charge in [-0.1, -0.05) is 12.1 Å². The third kappa shape index (κ3) is 3.74. The van der Waals surface area contributed by atoms with Gasteiger partial charge in [0.1, 0.15) is 5.75 Å². The molecule has 0 bridgehead atoms. The summed E-state index contributed by atoms with van der Waals surface area (Å²) in [6, 6.07) is 12.3. The van der Waals surface area contributed by atoms with Crippen molar-refractivity contribution >= 4 is 17.3 Å². The van der Waals surface area contributed by atoms with Crippen LogP contribution in [-0.2, 0) is 6.42 Å². The Kier molecular flexibility index (Phi) is 4.94.